The molecule has 32 heavy (non-hydrogen) atoms. The summed E-state index contributed by atoms with van der Waals surface area (Å²) in [6.07, 6.45) is 10.9. The fourth-order valence-electron chi connectivity index (χ4n) is 5.20. The van der Waals surface area contributed by atoms with Crippen molar-refractivity contribution >= 4 is 39.1 Å². The van der Waals surface area contributed by atoms with Gasteiger partial charge >= 0.3 is 0 Å². The van der Waals surface area contributed by atoms with Gasteiger partial charge in [0.1, 0.15) is 4.83 Å². The first-order valence-electron chi connectivity index (χ1n) is 12.0. The number of ketones is 1. The monoisotopic (exact) mass is 466 g/mol. The Hall–Kier alpha value is -1.92. The van der Waals surface area contributed by atoms with Gasteiger partial charge in [0.05, 0.1) is 11.1 Å². The molecule has 0 N–H and O–H groups in total. The standard InChI is InChI=1S/C26H30N2O2S2/c1-2-28-25(30)23-20-10-6-7-11-22(20)32-24(23)27-26(28)31-16-21(29)19-14-12-18(13-15-19)17-8-4-3-5-9-17/h12-15,17H,2-11,16H2,1H3. The van der Waals surface area contributed by atoms with Gasteiger partial charge in [-0.05, 0) is 62.5 Å². The Morgan fingerprint density at radius 3 is 2.59 bits per heavy atom. The Morgan fingerprint density at radius 2 is 1.84 bits per heavy atom. The third-order valence-corrected chi connectivity index (χ3v) is 9.16. The van der Waals surface area contributed by atoms with Crippen LogP contribution in [0, 0.1) is 0 Å². The van der Waals surface area contributed by atoms with Crippen molar-refractivity contribution in [1.29, 1.82) is 0 Å². The molecule has 0 aliphatic heterocycles. The summed E-state index contributed by atoms with van der Waals surface area (Å²) in [6, 6.07) is 8.22. The Balaban J connectivity index is 1.34. The minimum atomic E-state index is 0.0590. The van der Waals surface area contributed by atoms with Crippen LogP contribution in [0.2, 0.25) is 0 Å². The topological polar surface area (TPSA) is 52.0 Å². The summed E-state index contributed by atoms with van der Waals surface area (Å²) in [6.45, 7) is 2.54. The molecule has 2 aromatic heterocycles. The molecule has 168 valence electrons. The molecule has 1 saturated carbocycles. The molecule has 0 amide bonds. The smallest absolute Gasteiger partial charge is 0.263 e. The molecule has 2 aliphatic rings. The molecule has 0 atom stereocenters. The van der Waals surface area contributed by atoms with E-state index < -0.39 is 0 Å². The molecular formula is C26H30N2O2S2. The summed E-state index contributed by atoms with van der Waals surface area (Å²) in [4.78, 5) is 33.1. The highest BCUT2D eigenvalue weighted by molar-refractivity contribution is 7.99. The predicted molar refractivity (Wildman–Crippen MR) is 134 cm³/mol. The van der Waals surface area contributed by atoms with Crippen molar-refractivity contribution in [2.75, 3.05) is 5.75 Å². The number of aryl methyl sites for hydroxylation is 2. The van der Waals surface area contributed by atoms with Crippen molar-refractivity contribution in [2.24, 2.45) is 0 Å². The molecule has 3 aromatic rings. The maximum atomic E-state index is 13.2. The number of thioether (sulfide) groups is 1. The Kier molecular flexibility index (Phi) is 6.51. The van der Waals surface area contributed by atoms with Gasteiger partial charge < -0.3 is 0 Å². The van der Waals surface area contributed by atoms with E-state index in [1.165, 1.54) is 66.3 Å². The van der Waals surface area contributed by atoms with Gasteiger partial charge in [0.15, 0.2) is 10.9 Å². The molecule has 2 heterocycles. The molecule has 5 rings (SSSR count). The van der Waals surface area contributed by atoms with E-state index in [0.29, 0.717) is 23.4 Å². The third-order valence-electron chi connectivity index (χ3n) is 7.00. The Morgan fingerprint density at radius 1 is 1.09 bits per heavy atom. The van der Waals surface area contributed by atoms with Crippen LogP contribution < -0.4 is 5.56 Å². The summed E-state index contributed by atoms with van der Waals surface area (Å²) in [5.74, 6) is 1.03. The first kappa shape index (κ1) is 21.9. The number of fused-ring (bicyclic) bond motifs is 3. The van der Waals surface area contributed by atoms with Crippen molar-refractivity contribution in [3.8, 4) is 0 Å². The van der Waals surface area contributed by atoms with Gasteiger partial charge in [-0.25, -0.2) is 4.98 Å². The Bertz CT molecular complexity index is 1190. The van der Waals surface area contributed by atoms with Crippen LogP contribution in [0.15, 0.2) is 34.2 Å². The van der Waals surface area contributed by atoms with E-state index in [-0.39, 0.29) is 11.3 Å². The zero-order valence-corrected chi connectivity index (χ0v) is 20.3. The lowest BCUT2D eigenvalue weighted by molar-refractivity contribution is 0.102. The van der Waals surface area contributed by atoms with Crippen LogP contribution in [-0.2, 0) is 19.4 Å². The molecule has 0 unspecified atom stereocenters. The SMILES string of the molecule is CCn1c(SCC(=O)c2ccc(C3CCCCC3)cc2)nc2sc3c(c2c1=O)CCCC3. The van der Waals surface area contributed by atoms with Crippen LogP contribution in [-0.4, -0.2) is 21.1 Å². The second-order valence-electron chi connectivity index (χ2n) is 9.00. The quantitative estimate of drug-likeness (QED) is 0.240. The number of hydrogen-bond acceptors (Lipinski definition) is 5. The van der Waals surface area contributed by atoms with Crippen molar-refractivity contribution in [1.82, 2.24) is 9.55 Å². The van der Waals surface area contributed by atoms with Crippen molar-refractivity contribution in [3.05, 3.63) is 56.2 Å². The highest BCUT2D eigenvalue weighted by atomic mass is 32.2. The summed E-state index contributed by atoms with van der Waals surface area (Å²) in [5.41, 5.74) is 3.39. The van der Waals surface area contributed by atoms with Crippen LogP contribution >= 0.6 is 23.1 Å². The van der Waals surface area contributed by atoms with Crippen LogP contribution in [0.25, 0.3) is 10.2 Å². The van der Waals surface area contributed by atoms with Crippen molar-refractivity contribution in [2.45, 2.75) is 82.3 Å². The van der Waals surface area contributed by atoms with Gasteiger partial charge in [-0.2, -0.15) is 0 Å². The van der Waals surface area contributed by atoms with E-state index in [1.54, 1.807) is 15.9 Å². The first-order chi connectivity index (χ1) is 15.7. The van der Waals surface area contributed by atoms with Gasteiger partial charge in [-0.1, -0.05) is 55.3 Å². The number of Topliss-reactive ketones (excluding diaryl/α,β-unsaturated/α-hetero) is 1. The zero-order chi connectivity index (χ0) is 22.1. The molecule has 0 bridgehead atoms. The van der Waals surface area contributed by atoms with E-state index in [1.807, 2.05) is 19.1 Å². The third kappa shape index (κ3) is 4.19. The summed E-state index contributed by atoms with van der Waals surface area (Å²) in [5, 5.41) is 1.48. The van der Waals surface area contributed by atoms with E-state index in [0.717, 1.165) is 35.0 Å². The van der Waals surface area contributed by atoms with Gasteiger partial charge in [0, 0.05) is 17.0 Å². The average Bonchev–Trinajstić information content (AvgIpc) is 3.22. The van der Waals surface area contributed by atoms with E-state index >= 15 is 0 Å². The Labute approximate surface area is 197 Å². The molecule has 0 radical (unpaired) electrons. The number of hydrogen-bond donors (Lipinski definition) is 0. The molecule has 2 aliphatic carbocycles. The second kappa shape index (κ2) is 9.52. The normalized spacial score (nSPS) is 16.9. The lowest BCUT2D eigenvalue weighted by Gasteiger charge is -2.22. The van der Waals surface area contributed by atoms with Crippen LogP contribution in [0.4, 0.5) is 0 Å². The minimum Gasteiger partial charge on any atom is -0.293 e. The van der Waals surface area contributed by atoms with E-state index in [2.05, 4.69) is 12.1 Å². The second-order valence-corrected chi connectivity index (χ2v) is 11.0. The lowest BCUT2D eigenvalue weighted by Crippen LogP contribution is -2.23. The van der Waals surface area contributed by atoms with Crippen LogP contribution in [0.3, 0.4) is 0 Å². The maximum Gasteiger partial charge on any atom is 0.263 e. The molecule has 0 saturated heterocycles. The maximum absolute atomic E-state index is 13.2. The number of nitrogens with zero attached hydrogens (tertiary/aromatic N) is 2. The number of carbonyl (C=O) groups excluding carboxylic acids is 1. The average molecular weight is 467 g/mol. The minimum absolute atomic E-state index is 0.0590. The number of rotatable bonds is 6. The largest absolute Gasteiger partial charge is 0.293 e. The lowest BCUT2D eigenvalue weighted by atomic mass is 9.84. The fraction of sp³-hybridized carbons (Fsp3) is 0.500. The number of aromatic nitrogens is 2. The predicted octanol–water partition coefficient (Wildman–Crippen LogP) is 6.38. The van der Waals surface area contributed by atoms with Crippen molar-refractivity contribution < 1.29 is 4.79 Å². The molecular weight excluding hydrogens is 436 g/mol. The van der Waals surface area contributed by atoms with Crippen LogP contribution in [0.1, 0.15) is 84.1 Å². The number of thiophene rings is 1. The molecule has 6 heteroatoms. The van der Waals surface area contributed by atoms with E-state index in [9.17, 15) is 9.59 Å². The van der Waals surface area contributed by atoms with Crippen molar-refractivity contribution in [3.63, 3.8) is 0 Å². The van der Waals surface area contributed by atoms with Gasteiger partial charge in [0.2, 0.25) is 0 Å². The summed E-state index contributed by atoms with van der Waals surface area (Å²) < 4.78 is 1.74. The molecule has 4 nitrogen and oxygen atoms in total. The van der Waals surface area contributed by atoms with Crippen LogP contribution in [0.5, 0.6) is 0 Å². The molecule has 1 fully saturated rings. The highest BCUT2D eigenvalue weighted by Crippen LogP contribution is 2.35. The van der Waals surface area contributed by atoms with Gasteiger partial charge in [-0.15, -0.1) is 11.3 Å². The summed E-state index contributed by atoms with van der Waals surface area (Å²) in [7, 11) is 0. The number of carbonyl (C=O) groups is 1. The highest BCUT2D eigenvalue weighted by Gasteiger charge is 2.22. The summed E-state index contributed by atoms with van der Waals surface area (Å²) >= 11 is 3.06. The molecule has 1 aromatic carbocycles. The first-order valence-corrected chi connectivity index (χ1v) is 13.8. The number of benzene rings is 1. The molecule has 0 spiro atoms. The fourth-order valence-corrected chi connectivity index (χ4v) is 7.46. The zero-order valence-electron chi connectivity index (χ0n) is 18.7. The van der Waals surface area contributed by atoms with Gasteiger partial charge in [-0.3, -0.25) is 14.2 Å². The van der Waals surface area contributed by atoms with Gasteiger partial charge in [0.25, 0.3) is 5.56 Å². The van der Waals surface area contributed by atoms with E-state index in [4.69, 9.17) is 4.98 Å².